The minimum Gasteiger partial charge on any atom is -0.391 e. The van der Waals surface area contributed by atoms with Crippen LogP contribution in [0.2, 0.25) is 0 Å². The summed E-state index contributed by atoms with van der Waals surface area (Å²) >= 11 is 0. The minimum absolute atomic E-state index is 0.229. The topological polar surface area (TPSA) is 58.3 Å². The Morgan fingerprint density at radius 1 is 1.70 bits per heavy atom. The van der Waals surface area contributed by atoms with Crippen LogP contribution >= 0.6 is 0 Å². The molecule has 0 aromatic rings. The van der Waals surface area contributed by atoms with Crippen LogP contribution in [0.5, 0.6) is 0 Å². The van der Waals surface area contributed by atoms with Gasteiger partial charge in [0.2, 0.25) is 0 Å². The largest absolute Gasteiger partial charge is 0.391 e. The van der Waals surface area contributed by atoms with Crippen molar-refractivity contribution in [2.75, 3.05) is 13.1 Å². The molecule has 1 heterocycles. The summed E-state index contributed by atoms with van der Waals surface area (Å²) in [4.78, 5) is 0. The van der Waals surface area contributed by atoms with Gasteiger partial charge in [0.15, 0.2) is 0 Å². The fraction of sp³-hybridized carbons (Fsp3) is 1.00. The van der Waals surface area contributed by atoms with Crippen molar-refractivity contribution in [2.24, 2.45) is 5.73 Å². The van der Waals surface area contributed by atoms with E-state index in [1.807, 2.05) is 0 Å². The van der Waals surface area contributed by atoms with Crippen molar-refractivity contribution in [1.29, 1.82) is 0 Å². The second-order valence-corrected chi connectivity index (χ2v) is 2.85. The molecule has 1 rings (SSSR count). The fourth-order valence-electron chi connectivity index (χ4n) is 1.41. The molecule has 2 unspecified atom stereocenters. The van der Waals surface area contributed by atoms with Crippen molar-refractivity contribution in [3.63, 3.8) is 0 Å². The smallest absolute Gasteiger partial charge is 0.0705 e. The first-order chi connectivity index (χ1) is 4.84. The van der Waals surface area contributed by atoms with Crippen LogP contribution in [0.3, 0.4) is 0 Å². The molecular weight excluding hydrogens is 128 g/mol. The van der Waals surface area contributed by atoms with Crippen molar-refractivity contribution < 1.29 is 5.11 Å². The predicted molar refractivity (Wildman–Crippen MR) is 40.7 cm³/mol. The highest BCUT2D eigenvalue weighted by Crippen LogP contribution is 2.10. The molecule has 4 N–H and O–H groups in total. The van der Waals surface area contributed by atoms with Crippen molar-refractivity contribution >= 4 is 0 Å². The Hall–Kier alpha value is -0.120. The molecule has 1 aliphatic rings. The van der Waals surface area contributed by atoms with Gasteiger partial charge in [-0.15, -0.1) is 0 Å². The van der Waals surface area contributed by atoms with Crippen LogP contribution in [0.25, 0.3) is 0 Å². The maximum atomic E-state index is 9.41. The molecule has 10 heavy (non-hydrogen) atoms. The third-order valence-electron chi connectivity index (χ3n) is 2.03. The predicted octanol–water partition coefficient (Wildman–Crippen LogP) is -0.552. The molecule has 0 aromatic carbocycles. The summed E-state index contributed by atoms with van der Waals surface area (Å²) in [6, 6.07) is 0.309. The van der Waals surface area contributed by atoms with E-state index >= 15 is 0 Å². The Balaban J connectivity index is 2.18. The maximum Gasteiger partial charge on any atom is 0.0705 e. The van der Waals surface area contributed by atoms with Gasteiger partial charge in [0, 0.05) is 6.04 Å². The van der Waals surface area contributed by atoms with Crippen molar-refractivity contribution in [3.8, 4) is 0 Å². The molecule has 3 heteroatoms. The third-order valence-corrected chi connectivity index (χ3v) is 2.03. The Morgan fingerprint density at radius 3 is 3.00 bits per heavy atom. The number of aliphatic hydroxyl groups is 1. The molecule has 1 saturated heterocycles. The third kappa shape index (κ3) is 1.94. The summed E-state index contributed by atoms with van der Waals surface area (Å²) in [6.07, 6.45) is 2.78. The second-order valence-electron chi connectivity index (χ2n) is 2.85. The standard InChI is InChI=1S/C7H16N2O/c8-4-3-7(10)6-2-1-5-9-6/h6-7,9-10H,1-5,8H2. The number of nitrogens with two attached hydrogens (primary N) is 1. The molecule has 0 aliphatic carbocycles. The van der Waals surface area contributed by atoms with E-state index in [4.69, 9.17) is 5.73 Å². The van der Waals surface area contributed by atoms with Crippen LogP contribution in [0, 0.1) is 0 Å². The Morgan fingerprint density at radius 2 is 2.50 bits per heavy atom. The Kier molecular flexibility index (Phi) is 3.12. The van der Waals surface area contributed by atoms with E-state index in [9.17, 15) is 5.11 Å². The molecule has 0 amide bonds. The molecule has 0 bridgehead atoms. The van der Waals surface area contributed by atoms with Gasteiger partial charge in [-0.25, -0.2) is 0 Å². The summed E-state index contributed by atoms with van der Waals surface area (Å²) in [6.45, 7) is 1.63. The first kappa shape index (κ1) is 7.98. The zero-order valence-corrected chi connectivity index (χ0v) is 6.21. The first-order valence-electron chi connectivity index (χ1n) is 3.96. The van der Waals surface area contributed by atoms with Gasteiger partial charge < -0.3 is 16.2 Å². The molecule has 0 saturated carbocycles. The van der Waals surface area contributed by atoms with Gasteiger partial charge in [0.1, 0.15) is 0 Å². The summed E-state index contributed by atoms with van der Waals surface area (Å²) in [5, 5.41) is 12.6. The maximum absolute atomic E-state index is 9.41. The number of hydrogen-bond acceptors (Lipinski definition) is 3. The number of rotatable bonds is 3. The zero-order valence-electron chi connectivity index (χ0n) is 6.21. The zero-order chi connectivity index (χ0) is 7.40. The van der Waals surface area contributed by atoms with E-state index in [0.29, 0.717) is 12.6 Å². The van der Waals surface area contributed by atoms with Gasteiger partial charge in [-0.05, 0) is 32.4 Å². The van der Waals surface area contributed by atoms with Crippen LogP contribution in [0.15, 0.2) is 0 Å². The highest BCUT2D eigenvalue weighted by atomic mass is 16.3. The quantitative estimate of drug-likeness (QED) is 0.498. The molecule has 0 aromatic heterocycles. The summed E-state index contributed by atoms with van der Waals surface area (Å²) in [5.74, 6) is 0. The van der Waals surface area contributed by atoms with Gasteiger partial charge in [-0.1, -0.05) is 0 Å². The summed E-state index contributed by atoms with van der Waals surface area (Å²) in [7, 11) is 0. The van der Waals surface area contributed by atoms with Gasteiger partial charge >= 0.3 is 0 Å². The van der Waals surface area contributed by atoms with Crippen molar-refractivity contribution in [2.45, 2.75) is 31.4 Å². The molecule has 1 aliphatic heterocycles. The lowest BCUT2D eigenvalue weighted by Crippen LogP contribution is -2.35. The average Bonchev–Trinajstić information content (AvgIpc) is 2.38. The van der Waals surface area contributed by atoms with E-state index in [0.717, 1.165) is 19.4 Å². The number of nitrogens with one attached hydrogen (secondary N) is 1. The van der Waals surface area contributed by atoms with Gasteiger partial charge in [0.25, 0.3) is 0 Å². The SMILES string of the molecule is NCCC(O)C1CCCN1. The molecule has 60 valence electrons. The van der Waals surface area contributed by atoms with E-state index in [-0.39, 0.29) is 6.10 Å². The molecular formula is C7H16N2O. The van der Waals surface area contributed by atoms with Crippen LogP contribution in [0.4, 0.5) is 0 Å². The lowest BCUT2D eigenvalue weighted by atomic mass is 10.1. The highest BCUT2D eigenvalue weighted by molar-refractivity contribution is 4.80. The first-order valence-corrected chi connectivity index (χ1v) is 3.96. The van der Waals surface area contributed by atoms with Crippen molar-refractivity contribution in [1.82, 2.24) is 5.32 Å². The second kappa shape index (κ2) is 3.91. The lowest BCUT2D eigenvalue weighted by Gasteiger charge is -2.16. The van der Waals surface area contributed by atoms with Gasteiger partial charge in [-0.3, -0.25) is 0 Å². The minimum atomic E-state index is -0.229. The molecule has 0 spiro atoms. The highest BCUT2D eigenvalue weighted by Gasteiger charge is 2.21. The van der Waals surface area contributed by atoms with Gasteiger partial charge in [0.05, 0.1) is 6.10 Å². The molecule has 2 atom stereocenters. The molecule has 0 radical (unpaired) electrons. The average molecular weight is 144 g/mol. The van der Waals surface area contributed by atoms with E-state index in [1.54, 1.807) is 0 Å². The number of hydrogen-bond donors (Lipinski definition) is 3. The lowest BCUT2D eigenvalue weighted by molar-refractivity contribution is 0.129. The van der Waals surface area contributed by atoms with E-state index in [2.05, 4.69) is 5.32 Å². The molecule has 1 fully saturated rings. The van der Waals surface area contributed by atoms with Crippen LogP contribution in [-0.4, -0.2) is 30.3 Å². The fourth-order valence-corrected chi connectivity index (χ4v) is 1.41. The number of aliphatic hydroxyl groups excluding tert-OH is 1. The van der Waals surface area contributed by atoms with E-state index < -0.39 is 0 Å². The Bertz CT molecular complexity index is 91.6. The summed E-state index contributed by atoms with van der Waals surface area (Å²) in [5.41, 5.74) is 5.31. The Labute approximate surface area is 61.6 Å². The monoisotopic (exact) mass is 144 g/mol. The van der Waals surface area contributed by atoms with Crippen molar-refractivity contribution in [3.05, 3.63) is 0 Å². The van der Waals surface area contributed by atoms with Gasteiger partial charge in [-0.2, -0.15) is 0 Å². The van der Waals surface area contributed by atoms with Crippen LogP contribution < -0.4 is 11.1 Å². The normalized spacial score (nSPS) is 28.8. The van der Waals surface area contributed by atoms with Crippen LogP contribution in [-0.2, 0) is 0 Å². The van der Waals surface area contributed by atoms with Crippen LogP contribution in [0.1, 0.15) is 19.3 Å². The molecule has 3 nitrogen and oxygen atoms in total. The summed E-state index contributed by atoms with van der Waals surface area (Å²) < 4.78 is 0. The van der Waals surface area contributed by atoms with E-state index in [1.165, 1.54) is 6.42 Å².